The smallest absolute Gasteiger partial charge is 0.387 e. The monoisotopic (exact) mass is 250 g/mol. The van der Waals surface area contributed by atoms with Gasteiger partial charge >= 0.3 is 6.61 Å². The molecule has 0 saturated heterocycles. The molecule has 3 nitrogen and oxygen atoms in total. The molecule has 0 unspecified atom stereocenters. The first-order chi connectivity index (χ1) is 7.34. The Morgan fingerprint density at radius 1 is 1.12 bits per heavy atom. The van der Waals surface area contributed by atoms with Gasteiger partial charge in [-0.3, -0.25) is 0 Å². The van der Waals surface area contributed by atoms with Crippen LogP contribution in [0.3, 0.4) is 0 Å². The maximum absolute atomic E-state index is 11.8. The van der Waals surface area contributed by atoms with Crippen molar-refractivity contribution in [3.8, 4) is 5.75 Å². The molecule has 0 radical (unpaired) electrons. The Balaban J connectivity index is 2.96. The molecule has 0 N–H and O–H groups in total. The van der Waals surface area contributed by atoms with Gasteiger partial charge in [-0.1, -0.05) is 0 Å². The summed E-state index contributed by atoms with van der Waals surface area (Å²) in [6.45, 7) is 0.199. The second kappa shape index (κ2) is 4.78. The summed E-state index contributed by atoms with van der Waals surface area (Å²) in [5.41, 5.74) is 0. The lowest BCUT2D eigenvalue weighted by molar-refractivity contribution is -0.0498. The van der Waals surface area contributed by atoms with Crippen molar-refractivity contribution in [2.24, 2.45) is 0 Å². The fourth-order valence-corrected chi connectivity index (χ4v) is 2.14. The number of ether oxygens (including phenoxy) is 1. The normalized spacial score (nSPS) is 12.1. The van der Waals surface area contributed by atoms with Crippen LogP contribution in [0.5, 0.6) is 5.75 Å². The van der Waals surface area contributed by atoms with Crippen LogP contribution < -0.4 is 4.74 Å². The standard InChI is InChI=1S/C10H12F2O3S/c1-7(2)16(13,14)9-5-3-8(4-6-9)15-10(11)12/h3-7,10H,1-2H3. The van der Waals surface area contributed by atoms with Crippen LogP contribution >= 0.6 is 0 Å². The number of benzene rings is 1. The molecule has 0 aliphatic carbocycles. The Kier molecular flexibility index (Phi) is 3.85. The summed E-state index contributed by atoms with van der Waals surface area (Å²) in [7, 11) is -3.37. The lowest BCUT2D eigenvalue weighted by Gasteiger charge is -2.09. The number of sulfone groups is 1. The molecular weight excluding hydrogens is 238 g/mol. The predicted molar refractivity (Wildman–Crippen MR) is 55.4 cm³/mol. The van der Waals surface area contributed by atoms with E-state index < -0.39 is 21.7 Å². The summed E-state index contributed by atoms with van der Waals surface area (Å²) in [5.74, 6) is -0.0577. The maximum Gasteiger partial charge on any atom is 0.387 e. The molecule has 0 atom stereocenters. The van der Waals surface area contributed by atoms with Crippen LogP contribution in [0.25, 0.3) is 0 Å². The van der Waals surface area contributed by atoms with Crippen LogP contribution in [0, 0.1) is 0 Å². The molecule has 0 aliphatic rings. The molecule has 90 valence electrons. The molecule has 0 spiro atoms. The van der Waals surface area contributed by atoms with Crippen LogP contribution in [-0.4, -0.2) is 20.3 Å². The lowest BCUT2D eigenvalue weighted by Crippen LogP contribution is -2.13. The highest BCUT2D eigenvalue weighted by Gasteiger charge is 2.18. The summed E-state index contributed by atoms with van der Waals surface area (Å²) >= 11 is 0. The Hall–Kier alpha value is -1.17. The van der Waals surface area contributed by atoms with E-state index in [0.29, 0.717) is 0 Å². The quantitative estimate of drug-likeness (QED) is 0.824. The van der Waals surface area contributed by atoms with Crippen LogP contribution in [0.15, 0.2) is 29.2 Å². The molecule has 0 aliphatic heterocycles. The van der Waals surface area contributed by atoms with Crippen molar-refractivity contribution in [3.05, 3.63) is 24.3 Å². The van der Waals surface area contributed by atoms with Gasteiger partial charge in [0.25, 0.3) is 0 Å². The third-order valence-electron chi connectivity index (χ3n) is 2.00. The van der Waals surface area contributed by atoms with Gasteiger partial charge in [0, 0.05) is 0 Å². The molecule has 16 heavy (non-hydrogen) atoms. The minimum atomic E-state index is -3.37. The first kappa shape index (κ1) is 12.9. The summed E-state index contributed by atoms with van der Waals surface area (Å²) in [4.78, 5) is 0.101. The van der Waals surface area contributed by atoms with Gasteiger partial charge in [-0.25, -0.2) is 8.42 Å². The third kappa shape index (κ3) is 2.91. The summed E-state index contributed by atoms with van der Waals surface area (Å²) in [6, 6.07) is 4.93. The highest BCUT2D eigenvalue weighted by atomic mass is 32.2. The number of hydrogen-bond acceptors (Lipinski definition) is 3. The van der Waals surface area contributed by atoms with Crippen LogP contribution in [0.4, 0.5) is 8.78 Å². The van der Waals surface area contributed by atoms with E-state index in [4.69, 9.17) is 0 Å². The Labute approximate surface area is 93.0 Å². The molecule has 6 heteroatoms. The molecular formula is C10H12F2O3S. The van der Waals surface area contributed by atoms with E-state index in [1.165, 1.54) is 24.3 Å². The Morgan fingerprint density at radius 2 is 1.62 bits per heavy atom. The zero-order chi connectivity index (χ0) is 12.3. The maximum atomic E-state index is 11.8. The predicted octanol–water partition coefficient (Wildman–Crippen LogP) is 2.47. The van der Waals surface area contributed by atoms with Crippen LogP contribution in [0.1, 0.15) is 13.8 Å². The summed E-state index contributed by atoms with van der Waals surface area (Å²) in [6.07, 6.45) is 0. The van der Waals surface area contributed by atoms with Crippen molar-refractivity contribution in [1.82, 2.24) is 0 Å². The van der Waals surface area contributed by atoms with E-state index in [9.17, 15) is 17.2 Å². The van der Waals surface area contributed by atoms with Crippen molar-refractivity contribution in [3.63, 3.8) is 0 Å². The lowest BCUT2D eigenvalue weighted by atomic mass is 10.3. The van der Waals surface area contributed by atoms with Crippen molar-refractivity contribution in [2.75, 3.05) is 0 Å². The highest BCUT2D eigenvalue weighted by molar-refractivity contribution is 7.92. The molecule has 0 aromatic heterocycles. The van der Waals surface area contributed by atoms with Crippen molar-refractivity contribution in [2.45, 2.75) is 30.6 Å². The Morgan fingerprint density at radius 3 is 2.00 bits per heavy atom. The number of rotatable bonds is 4. The SMILES string of the molecule is CC(C)S(=O)(=O)c1ccc(OC(F)F)cc1. The van der Waals surface area contributed by atoms with E-state index in [1.807, 2.05) is 0 Å². The fraction of sp³-hybridized carbons (Fsp3) is 0.400. The van der Waals surface area contributed by atoms with Gasteiger partial charge in [0.1, 0.15) is 5.75 Å². The minimum absolute atomic E-state index is 0.0577. The van der Waals surface area contributed by atoms with Gasteiger partial charge < -0.3 is 4.74 Å². The fourth-order valence-electron chi connectivity index (χ4n) is 1.08. The molecule has 1 aromatic carbocycles. The van der Waals surface area contributed by atoms with Crippen LogP contribution in [0.2, 0.25) is 0 Å². The highest BCUT2D eigenvalue weighted by Crippen LogP contribution is 2.20. The van der Waals surface area contributed by atoms with Gasteiger partial charge in [0.15, 0.2) is 9.84 Å². The third-order valence-corrected chi connectivity index (χ3v) is 4.17. The van der Waals surface area contributed by atoms with Crippen molar-refractivity contribution in [1.29, 1.82) is 0 Å². The second-order valence-electron chi connectivity index (χ2n) is 3.44. The topological polar surface area (TPSA) is 43.4 Å². The summed E-state index contributed by atoms with van der Waals surface area (Å²) < 4.78 is 51.2. The molecule has 0 amide bonds. The number of halogens is 2. The summed E-state index contributed by atoms with van der Waals surface area (Å²) in [5, 5.41) is -0.547. The Bertz CT molecular complexity index is 438. The molecule has 1 aromatic rings. The van der Waals surface area contributed by atoms with E-state index in [1.54, 1.807) is 13.8 Å². The van der Waals surface area contributed by atoms with Gasteiger partial charge in [-0.15, -0.1) is 0 Å². The molecule has 0 saturated carbocycles. The molecule has 1 rings (SSSR count). The van der Waals surface area contributed by atoms with E-state index in [2.05, 4.69) is 4.74 Å². The average Bonchev–Trinajstić information content (AvgIpc) is 2.17. The number of hydrogen-bond donors (Lipinski definition) is 0. The zero-order valence-corrected chi connectivity index (χ0v) is 9.67. The largest absolute Gasteiger partial charge is 0.435 e. The van der Waals surface area contributed by atoms with Gasteiger partial charge in [-0.05, 0) is 38.1 Å². The second-order valence-corrected chi connectivity index (χ2v) is 5.95. The van der Waals surface area contributed by atoms with Gasteiger partial charge in [0.2, 0.25) is 0 Å². The van der Waals surface area contributed by atoms with Crippen molar-refractivity contribution < 1.29 is 21.9 Å². The first-order valence-electron chi connectivity index (χ1n) is 4.63. The van der Waals surface area contributed by atoms with E-state index >= 15 is 0 Å². The molecule has 0 heterocycles. The molecule has 0 bridgehead atoms. The molecule has 0 fully saturated rings. The minimum Gasteiger partial charge on any atom is -0.435 e. The van der Waals surface area contributed by atoms with E-state index in [-0.39, 0.29) is 10.6 Å². The van der Waals surface area contributed by atoms with E-state index in [0.717, 1.165) is 0 Å². The number of alkyl halides is 2. The average molecular weight is 250 g/mol. The van der Waals surface area contributed by atoms with Gasteiger partial charge in [0.05, 0.1) is 10.1 Å². The first-order valence-corrected chi connectivity index (χ1v) is 6.17. The van der Waals surface area contributed by atoms with Gasteiger partial charge in [-0.2, -0.15) is 8.78 Å². The zero-order valence-electron chi connectivity index (χ0n) is 8.85. The van der Waals surface area contributed by atoms with Crippen LogP contribution in [-0.2, 0) is 9.84 Å². The van der Waals surface area contributed by atoms with Crippen molar-refractivity contribution >= 4 is 9.84 Å².